The maximum Gasteiger partial charge on any atom is 0.0589 e. The molecule has 1 aromatic carbocycles. The molecule has 0 aliphatic rings. The molecule has 1 nitrogen and oxygen atoms in total. The van der Waals surface area contributed by atoms with E-state index in [1.807, 2.05) is 36.9 Å². The van der Waals surface area contributed by atoms with Crippen LogP contribution in [0.5, 0.6) is 0 Å². The zero-order valence-electron chi connectivity index (χ0n) is 9.87. The number of hydrogen-bond acceptors (Lipinski definition) is 2. The van der Waals surface area contributed by atoms with Gasteiger partial charge in [0.05, 0.1) is 6.10 Å². The Balaban J connectivity index is 2.46. The Hall–Kier alpha value is -0.180. The van der Waals surface area contributed by atoms with E-state index in [2.05, 4.69) is 6.92 Å². The van der Waals surface area contributed by atoms with Crippen LogP contribution < -0.4 is 0 Å². The van der Waals surface area contributed by atoms with Gasteiger partial charge in [-0.3, -0.25) is 0 Å². The van der Waals surface area contributed by atoms with E-state index in [9.17, 15) is 5.11 Å². The Morgan fingerprint density at radius 3 is 2.81 bits per heavy atom. The predicted octanol–water partition coefficient (Wildman–Crippen LogP) is 3.70. The highest BCUT2D eigenvalue weighted by Gasteiger charge is 2.08. The first-order valence-electron chi connectivity index (χ1n) is 5.64. The summed E-state index contributed by atoms with van der Waals surface area (Å²) in [5, 5.41) is 10.6. The first kappa shape index (κ1) is 13.9. The number of halogens is 1. The van der Waals surface area contributed by atoms with Crippen molar-refractivity contribution in [3.63, 3.8) is 0 Å². The van der Waals surface area contributed by atoms with E-state index in [1.165, 1.54) is 0 Å². The highest BCUT2D eigenvalue weighted by atomic mass is 35.5. The van der Waals surface area contributed by atoms with Crippen molar-refractivity contribution < 1.29 is 5.11 Å². The van der Waals surface area contributed by atoms with Crippen LogP contribution in [-0.2, 0) is 6.42 Å². The summed E-state index contributed by atoms with van der Waals surface area (Å²) in [6.07, 6.45) is 1.21. The summed E-state index contributed by atoms with van der Waals surface area (Å²) in [7, 11) is 0. The van der Waals surface area contributed by atoms with Crippen molar-refractivity contribution in [2.45, 2.75) is 32.8 Å². The summed E-state index contributed by atoms with van der Waals surface area (Å²) >= 11 is 7.98. The third-order valence-corrected chi connectivity index (χ3v) is 3.75. The molecule has 0 aromatic heterocycles. The van der Waals surface area contributed by atoms with E-state index in [4.69, 9.17) is 11.6 Å². The molecule has 0 radical (unpaired) electrons. The maximum atomic E-state index is 9.85. The largest absolute Gasteiger partial charge is 0.393 e. The fraction of sp³-hybridized carbons (Fsp3) is 0.538. The van der Waals surface area contributed by atoms with E-state index >= 15 is 0 Å². The Bertz CT molecular complexity index is 328. The Labute approximate surface area is 107 Å². The topological polar surface area (TPSA) is 20.2 Å². The van der Waals surface area contributed by atoms with Crippen molar-refractivity contribution in [2.75, 3.05) is 11.5 Å². The molecule has 1 N–H and O–H groups in total. The molecule has 0 heterocycles. The highest BCUT2D eigenvalue weighted by molar-refractivity contribution is 7.99. The van der Waals surface area contributed by atoms with E-state index in [0.29, 0.717) is 6.42 Å². The van der Waals surface area contributed by atoms with Gasteiger partial charge in [0.15, 0.2) is 0 Å². The normalized spacial score (nSPS) is 12.8. The molecule has 1 aromatic rings. The number of aliphatic hydroxyl groups excluding tert-OH is 1. The van der Waals surface area contributed by atoms with Crippen molar-refractivity contribution in [2.24, 2.45) is 0 Å². The van der Waals surface area contributed by atoms with Gasteiger partial charge in [-0.2, -0.15) is 11.8 Å². The zero-order chi connectivity index (χ0) is 12.0. The standard InChI is InChI=1S/C13H19ClOS/c1-3-16-7-6-12(15)9-11-5-4-10(2)8-13(11)14/h4-5,8,12,15H,3,6-7,9H2,1-2H3. The van der Waals surface area contributed by atoms with Crippen LogP contribution in [0.1, 0.15) is 24.5 Å². The Morgan fingerprint density at radius 2 is 2.19 bits per heavy atom. The van der Waals surface area contributed by atoms with Crippen molar-refractivity contribution >= 4 is 23.4 Å². The minimum atomic E-state index is -0.278. The van der Waals surface area contributed by atoms with Crippen LogP contribution in [0.25, 0.3) is 0 Å². The third kappa shape index (κ3) is 4.77. The van der Waals surface area contributed by atoms with Crippen LogP contribution in [0.4, 0.5) is 0 Å². The lowest BCUT2D eigenvalue weighted by molar-refractivity contribution is 0.172. The lowest BCUT2D eigenvalue weighted by Gasteiger charge is -2.11. The molecule has 0 saturated heterocycles. The molecule has 0 bridgehead atoms. The molecular weight excluding hydrogens is 240 g/mol. The van der Waals surface area contributed by atoms with Crippen LogP contribution in [0.15, 0.2) is 18.2 Å². The van der Waals surface area contributed by atoms with Gasteiger partial charge < -0.3 is 5.11 Å². The zero-order valence-corrected chi connectivity index (χ0v) is 11.4. The second-order valence-corrected chi connectivity index (χ2v) is 5.74. The van der Waals surface area contributed by atoms with Gasteiger partial charge in [0.25, 0.3) is 0 Å². The van der Waals surface area contributed by atoms with Crippen molar-refractivity contribution in [3.05, 3.63) is 34.3 Å². The summed E-state index contributed by atoms with van der Waals surface area (Å²) in [5.74, 6) is 2.12. The lowest BCUT2D eigenvalue weighted by atomic mass is 10.0. The summed E-state index contributed by atoms with van der Waals surface area (Å²) in [6.45, 7) is 4.15. The first-order chi connectivity index (χ1) is 7.63. The molecule has 0 spiro atoms. The van der Waals surface area contributed by atoms with Crippen LogP contribution in [0.3, 0.4) is 0 Å². The minimum absolute atomic E-state index is 0.278. The average molecular weight is 259 g/mol. The minimum Gasteiger partial charge on any atom is -0.393 e. The quantitative estimate of drug-likeness (QED) is 0.786. The number of rotatable bonds is 6. The second-order valence-electron chi connectivity index (χ2n) is 3.94. The lowest BCUT2D eigenvalue weighted by Crippen LogP contribution is -2.12. The summed E-state index contributed by atoms with van der Waals surface area (Å²) in [4.78, 5) is 0. The smallest absolute Gasteiger partial charge is 0.0589 e. The van der Waals surface area contributed by atoms with Gasteiger partial charge in [-0.15, -0.1) is 0 Å². The number of thioether (sulfide) groups is 1. The molecule has 1 atom stereocenters. The van der Waals surface area contributed by atoms with Crippen LogP contribution in [-0.4, -0.2) is 22.7 Å². The average Bonchev–Trinajstić information content (AvgIpc) is 2.23. The van der Waals surface area contributed by atoms with Crippen LogP contribution >= 0.6 is 23.4 Å². The number of benzene rings is 1. The monoisotopic (exact) mass is 258 g/mol. The van der Waals surface area contributed by atoms with Crippen molar-refractivity contribution in [1.82, 2.24) is 0 Å². The molecule has 0 fully saturated rings. The van der Waals surface area contributed by atoms with E-state index in [0.717, 1.165) is 34.1 Å². The van der Waals surface area contributed by atoms with E-state index < -0.39 is 0 Å². The van der Waals surface area contributed by atoms with Crippen molar-refractivity contribution in [3.8, 4) is 0 Å². The third-order valence-electron chi connectivity index (χ3n) is 2.46. The summed E-state index contributed by atoms with van der Waals surface area (Å²) < 4.78 is 0. The molecule has 1 unspecified atom stereocenters. The molecule has 3 heteroatoms. The van der Waals surface area contributed by atoms with Crippen molar-refractivity contribution in [1.29, 1.82) is 0 Å². The number of aryl methyl sites for hydroxylation is 1. The van der Waals surface area contributed by atoms with Gasteiger partial charge in [0.1, 0.15) is 0 Å². The fourth-order valence-corrected chi connectivity index (χ4v) is 2.58. The maximum absolute atomic E-state index is 9.85. The number of aliphatic hydroxyl groups is 1. The molecule has 16 heavy (non-hydrogen) atoms. The molecular formula is C13H19ClOS. The van der Waals surface area contributed by atoms with Gasteiger partial charge in [0, 0.05) is 5.02 Å². The first-order valence-corrected chi connectivity index (χ1v) is 7.17. The molecule has 0 amide bonds. The summed E-state index contributed by atoms with van der Waals surface area (Å²) in [5.41, 5.74) is 2.20. The van der Waals surface area contributed by atoms with Crippen LogP contribution in [0, 0.1) is 6.92 Å². The summed E-state index contributed by atoms with van der Waals surface area (Å²) in [6, 6.07) is 5.99. The highest BCUT2D eigenvalue weighted by Crippen LogP contribution is 2.20. The predicted molar refractivity (Wildman–Crippen MR) is 73.5 cm³/mol. The molecule has 1 rings (SSSR count). The van der Waals surface area contributed by atoms with Gasteiger partial charge in [0.2, 0.25) is 0 Å². The molecule has 0 saturated carbocycles. The second kappa shape index (κ2) is 7.21. The van der Waals surface area contributed by atoms with Gasteiger partial charge in [-0.25, -0.2) is 0 Å². The SMILES string of the molecule is CCSCCC(O)Cc1ccc(C)cc1Cl. The van der Waals surface area contributed by atoms with Crippen LogP contribution in [0.2, 0.25) is 5.02 Å². The van der Waals surface area contributed by atoms with Gasteiger partial charge >= 0.3 is 0 Å². The molecule has 0 aliphatic heterocycles. The van der Waals surface area contributed by atoms with E-state index in [-0.39, 0.29) is 6.10 Å². The number of hydrogen-bond donors (Lipinski definition) is 1. The van der Waals surface area contributed by atoms with Gasteiger partial charge in [-0.05, 0) is 48.5 Å². The fourth-order valence-electron chi connectivity index (χ4n) is 1.54. The molecule has 0 aliphatic carbocycles. The van der Waals surface area contributed by atoms with Gasteiger partial charge in [-0.1, -0.05) is 30.7 Å². The Kier molecular flexibility index (Phi) is 6.25. The van der Waals surface area contributed by atoms with E-state index in [1.54, 1.807) is 0 Å². The molecule has 90 valence electrons. The Morgan fingerprint density at radius 1 is 1.44 bits per heavy atom.